The molecule has 0 spiro atoms. The molecule has 3 heterocycles. The summed E-state index contributed by atoms with van der Waals surface area (Å²) in [5, 5.41) is 11.2. The number of pyridine rings is 1. The number of anilines is 2. The van der Waals surface area contributed by atoms with Gasteiger partial charge in [0.1, 0.15) is 5.82 Å². The Morgan fingerprint density at radius 3 is 2.58 bits per heavy atom. The summed E-state index contributed by atoms with van der Waals surface area (Å²) in [6.07, 6.45) is 5.31. The molecule has 212 valence electrons. The summed E-state index contributed by atoms with van der Waals surface area (Å²) >= 11 is 0. The van der Waals surface area contributed by atoms with Crippen molar-refractivity contribution in [2.45, 2.75) is 75.8 Å². The van der Waals surface area contributed by atoms with Crippen molar-refractivity contribution in [2.75, 3.05) is 29.9 Å². The number of hydrogen-bond acceptors (Lipinski definition) is 5. The standard InChI is InChI=1S/C32H38F3N5/c33-32(34,35)24-10-12-26(13-11-24)40-18-4-6-25(21-40)38-29-8-1-2-9-30(29)39-31-19-22(14-17-37-31)27-7-3-5-23-20-36-16-15-28(23)27/h3,5,7,10-14,17,19,25,29-30,36,38H,1-2,4,6,8-9,15-16,18,20-21H2,(H,37,39)/t25-,29+,30+/m0/s1. The lowest BCUT2D eigenvalue weighted by Gasteiger charge is -2.40. The van der Waals surface area contributed by atoms with E-state index in [2.05, 4.69) is 56.2 Å². The van der Waals surface area contributed by atoms with Gasteiger partial charge in [0.05, 0.1) is 5.56 Å². The van der Waals surface area contributed by atoms with Crippen LogP contribution in [0.25, 0.3) is 11.1 Å². The van der Waals surface area contributed by atoms with Gasteiger partial charge in [0.2, 0.25) is 0 Å². The first-order valence-corrected chi connectivity index (χ1v) is 14.7. The smallest absolute Gasteiger partial charge is 0.370 e. The van der Waals surface area contributed by atoms with Crippen molar-refractivity contribution >= 4 is 11.5 Å². The number of alkyl halides is 3. The Kier molecular flexibility index (Phi) is 7.98. The van der Waals surface area contributed by atoms with Crippen molar-refractivity contribution in [3.05, 3.63) is 77.5 Å². The molecule has 2 fully saturated rings. The van der Waals surface area contributed by atoms with Crippen LogP contribution in [0.15, 0.2) is 60.8 Å². The van der Waals surface area contributed by atoms with E-state index in [1.54, 1.807) is 12.1 Å². The zero-order valence-electron chi connectivity index (χ0n) is 22.8. The molecule has 2 aromatic carbocycles. The van der Waals surface area contributed by atoms with Crippen LogP contribution in [-0.4, -0.2) is 42.7 Å². The number of halogens is 3. The number of rotatable bonds is 6. The second kappa shape index (κ2) is 11.8. The summed E-state index contributed by atoms with van der Waals surface area (Å²) in [7, 11) is 0. The number of fused-ring (bicyclic) bond motifs is 1. The summed E-state index contributed by atoms with van der Waals surface area (Å²) in [6.45, 7) is 3.60. The van der Waals surface area contributed by atoms with Gasteiger partial charge in [-0.05, 0) is 97.3 Å². The Morgan fingerprint density at radius 1 is 0.925 bits per heavy atom. The Balaban J connectivity index is 1.12. The van der Waals surface area contributed by atoms with E-state index in [-0.39, 0.29) is 6.04 Å². The van der Waals surface area contributed by atoms with Crippen molar-refractivity contribution in [1.29, 1.82) is 0 Å². The second-order valence-corrected chi connectivity index (χ2v) is 11.4. The summed E-state index contributed by atoms with van der Waals surface area (Å²) in [5.74, 6) is 0.915. The highest BCUT2D eigenvalue weighted by Crippen LogP contribution is 2.32. The summed E-state index contributed by atoms with van der Waals surface area (Å²) in [4.78, 5) is 6.90. The Bertz CT molecular complexity index is 1290. The number of nitrogens with one attached hydrogen (secondary N) is 3. The monoisotopic (exact) mass is 549 g/mol. The molecule has 8 heteroatoms. The minimum absolute atomic E-state index is 0.284. The molecule has 40 heavy (non-hydrogen) atoms. The molecule has 3 aromatic rings. The average molecular weight is 550 g/mol. The van der Waals surface area contributed by atoms with E-state index >= 15 is 0 Å². The summed E-state index contributed by atoms with van der Waals surface area (Å²) < 4.78 is 39.1. The average Bonchev–Trinajstić information content (AvgIpc) is 2.98. The Hall–Kier alpha value is -3.10. The number of nitrogens with zero attached hydrogens (tertiary/aromatic N) is 2. The first kappa shape index (κ1) is 27.1. The van der Waals surface area contributed by atoms with Crippen LogP contribution in [-0.2, 0) is 19.1 Å². The van der Waals surface area contributed by atoms with Gasteiger partial charge in [-0.3, -0.25) is 0 Å². The molecule has 6 rings (SSSR count). The predicted octanol–water partition coefficient (Wildman–Crippen LogP) is 6.39. The topological polar surface area (TPSA) is 52.2 Å². The fourth-order valence-corrected chi connectivity index (χ4v) is 6.68. The first-order chi connectivity index (χ1) is 19.4. The molecule has 0 unspecified atom stereocenters. The van der Waals surface area contributed by atoms with Crippen molar-refractivity contribution in [3.8, 4) is 11.1 Å². The normalized spacial score (nSPS) is 23.5. The van der Waals surface area contributed by atoms with E-state index in [1.165, 1.54) is 47.2 Å². The molecule has 5 nitrogen and oxygen atoms in total. The van der Waals surface area contributed by atoms with E-state index in [1.807, 2.05) is 6.20 Å². The zero-order valence-corrected chi connectivity index (χ0v) is 22.8. The molecule has 0 radical (unpaired) electrons. The summed E-state index contributed by atoms with van der Waals surface area (Å²) in [6, 6.07) is 17.4. The number of piperidine rings is 1. The maximum absolute atomic E-state index is 13.0. The van der Waals surface area contributed by atoms with Crippen molar-refractivity contribution in [3.63, 3.8) is 0 Å². The van der Waals surface area contributed by atoms with Crippen molar-refractivity contribution < 1.29 is 13.2 Å². The van der Waals surface area contributed by atoms with Gasteiger partial charge in [0.15, 0.2) is 0 Å². The van der Waals surface area contributed by atoms with Gasteiger partial charge in [-0.15, -0.1) is 0 Å². The lowest BCUT2D eigenvalue weighted by Crippen LogP contribution is -2.55. The molecule has 1 aromatic heterocycles. The zero-order chi connectivity index (χ0) is 27.5. The maximum atomic E-state index is 13.0. The van der Waals surface area contributed by atoms with Crippen molar-refractivity contribution in [1.82, 2.24) is 15.6 Å². The fraction of sp³-hybridized carbons (Fsp3) is 0.469. The number of hydrogen-bond donors (Lipinski definition) is 3. The third-order valence-corrected chi connectivity index (χ3v) is 8.74. The molecular formula is C32H38F3N5. The van der Waals surface area contributed by atoms with Gasteiger partial charge < -0.3 is 20.9 Å². The van der Waals surface area contributed by atoms with Crippen molar-refractivity contribution in [2.24, 2.45) is 0 Å². The van der Waals surface area contributed by atoms with Gasteiger partial charge in [0, 0.05) is 49.6 Å². The molecule has 3 N–H and O–H groups in total. The molecule has 0 bridgehead atoms. The maximum Gasteiger partial charge on any atom is 0.416 e. The van der Waals surface area contributed by atoms with Crippen LogP contribution >= 0.6 is 0 Å². The van der Waals surface area contributed by atoms with Crippen LogP contribution < -0.4 is 20.9 Å². The van der Waals surface area contributed by atoms with Gasteiger partial charge in [-0.1, -0.05) is 31.0 Å². The molecule has 0 amide bonds. The number of benzene rings is 2. The highest BCUT2D eigenvalue weighted by molar-refractivity contribution is 5.71. The minimum atomic E-state index is -4.31. The Labute approximate surface area is 234 Å². The predicted molar refractivity (Wildman–Crippen MR) is 155 cm³/mol. The SMILES string of the molecule is FC(F)(F)c1ccc(N2CCC[C@H](N[C@@H]3CCCC[C@H]3Nc3cc(-c4cccc5c4CCNC5)ccn3)C2)cc1. The van der Waals surface area contributed by atoms with E-state index in [4.69, 9.17) is 0 Å². The van der Waals surface area contributed by atoms with Crippen LogP contribution in [0.3, 0.4) is 0 Å². The van der Waals surface area contributed by atoms with Crippen LogP contribution in [0, 0.1) is 0 Å². The summed E-state index contributed by atoms with van der Waals surface area (Å²) in [5.41, 5.74) is 5.58. The van der Waals surface area contributed by atoms with Crippen LogP contribution in [0.4, 0.5) is 24.7 Å². The van der Waals surface area contributed by atoms with Crippen LogP contribution in [0.5, 0.6) is 0 Å². The van der Waals surface area contributed by atoms with E-state index in [0.29, 0.717) is 12.1 Å². The highest BCUT2D eigenvalue weighted by Gasteiger charge is 2.32. The molecule has 1 saturated heterocycles. The second-order valence-electron chi connectivity index (χ2n) is 11.4. The minimum Gasteiger partial charge on any atom is -0.370 e. The van der Waals surface area contributed by atoms with Crippen LogP contribution in [0.2, 0.25) is 0 Å². The number of aromatic nitrogens is 1. The quantitative estimate of drug-likeness (QED) is 0.333. The van der Waals surface area contributed by atoms with Gasteiger partial charge in [-0.2, -0.15) is 13.2 Å². The molecule has 3 aliphatic rings. The molecule has 1 aliphatic carbocycles. The van der Waals surface area contributed by atoms with Crippen LogP contribution in [0.1, 0.15) is 55.2 Å². The molecule has 1 saturated carbocycles. The van der Waals surface area contributed by atoms with E-state index in [9.17, 15) is 13.2 Å². The molecule has 2 aliphatic heterocycles. The largest absolute Gasteiger partial charge is 0.416 e. The highest BCUT2D eigenvalue weighted by atomic mass is 19.4. The van der Waals surface area contributed by atoms with E-state index < -0.39 is 11.7 Å². The third kappa shape index (κ3) is 6.13. The van der Waals surface area contributed by atoms with Gasteiger partial charge >= 0.3 is 6.18 Å². The third-order valence-electron chi connectivity index (χ3n) is 8.74. The van der Waals surface area contributed by atoms with Gasteiger partial charge in [0.25, 0.3) is 0 Å². The first-order valence-electron chi connectivity index (χ1n) is 14.7. The molecule has 3 atom stereocenters. The van der Waals surface area contributed by atoms with Gasteiger partial charge in [-0.25, -0.2) is 4.98 Å². The lowest BCUT2D eigenvalue weighted by molar-refractivity contribution is -0.137. The lowest BCUT2D eigenvalue weighted by atomic mass is 9.88. The Morgan fingerprint density at radius 2 is 1.75 bits per heavy atom. The molecular weight excluding hydrogens is 511 g/mol. The van der Waals surface area contributed by atoms with E-state index in [0.717, 1.165) is 69.8 Å². The fourth-order valence-electron chi connectivity index (χ4n) is 6.68.